The minimum absolute atomic E-state index is 0.00168. The molecule has 0 aliphatic rings. The third kappa shape index (κ3) is 5.25. The number of hydrogen-bond acceptors (Lipinski definition) is 4. The topological polar surface area (TPSA) is 64.0 Å². The van der Waals surface area contributed by atoms with Crippen LogP contribution in [0.2, 0.25) is 5.02 Å². The van der Waals surface area contributed by atoms with Crippen LogP contribution in [0, 0.1) is 12.7 Å². The van der Waals surface area contributed by atoms with E-state index in [0.717, 1.165) is 17.3 Å². The van der Waals surface area contributed by atoms with Gasteiger partial charge >= 0.3 is 0 Å². The Hall–Kier alpha value is -2.64. The van der Waals surface area contributed by atoms with Crippen LogP contribution >= 0.6 is 23.4 Å². The van der Waals surface area contributed by atoms with E-state index in [-0.39, 0.29) is 22.9 Å². The Labute approximate surface area is 176 Å². The number of para-hydroxylation sites is 1. The fraction of sp³-hybridized carbons (Fsp3) is 0.190. The van der Waals surface area contributed by atoms with E-state index in [1.54, 1.807) is 32.2 Å². The van der Waals surface area contributed by atoms with Crippen molar-refractivity contribution in [2.75, 3.05) is 11.1 Å². The summed E-state index contributed by atoms with van der Waals surface area (Å²) in [5.41, 5.74) is 2.05. The molecule has 0 unspecified atom stereocenters. The molecule has 0 aliphatic carbocycles. The van der Waals surface area contributed by atoms with Gasteiger partial charge in [0, 0.05) is 29.7 Å². The maximum atomic E-state index is 13.6. The highest BCUT2D eigenvalue weighted by molar-refractivity contribution is 7.99. The molecule has 1 amide bonds. The first-order valence-electron chi connectivity index (χ1n) is 8.83. The van der Waals surface area contributed by atoms with Crippen molar-refractivity contribution in [1.82, 2.24) is 9.55 Å². The first-order chi connectivity index (χ1) is 13.8. The molecule has 5 nitrogen and oxygen atoms in total. The molecule has 0 bridgehead atoms. The molecular weight excluding hydrogens is 413 g/mol. The zero-order chi connectivity index (χ0) is 21.0. The second-order valence-electron chi connectivity index (χ2n) is 6.45. The van der Waals surface area contributed by atoms with Gasteiger partial charge in [0.2, 0.25) is 5.91 Å². The highest BCUT2D eigenvalue weighted by Gasteiger charge is 2.15. The lowest BCUT2D eigenvalue weighted by molar-refractivity contribution is -0.113. The maximum Gasteiger partial charge on any atom is 0.257 e. The van der Waals surface area contributed by atoms with Crippen molar-refractivity contribution in [3.8, 4) is 0 Å². The fourth-order valence-corrected chi connectivity index (χ4v) is 3.82. The number of thioether (sulfide) groups is 1. The van der Waals surface area contributed by atoms with Crippen LogP contribution in [0.4, 0.5) is 10.1 Å². The van der Waals surface area contributed by atoms with Crippen molar-refractivity contribution in [2.24, 2.45) is 7.05 Å². The highest BCUT2D eigenvalue weighted by Crippen LogP contribution is 2.19. The number of carbonyl (C=O) groups excluding carboxylic acids is 1. The third-order valence-corrected chi connectivity index (χ3v) is 5.57. The number of rotatable bonds is 6. The predicted octanol–water partition coefficient (Wildman–Crippen LogP) is 4.20. The van der Waals surface area contributed by atoms with Gasteiger partial charge in [0.15, 0.2) is 5.16 Å². The van der Waals surface area contributed by atoms with Crippen molar-refractivity contribution < 1.29 is 9.18 Å². The minimum Gasteiger partial charge on any atom is -0.323 e. The van der Waals surface area contributed by atoms with E-state index < -0.39 is 5.82 Å². The van der Waals surface area contributed by atoms with Gasteiger partial charge in [0.25, 0.3) is 5.56 Å². The van der Waals surface area contributed by atoms with Crippen LogP contribution in [0.5, 0.6) is 0 Å². The van der Waals surface area contributed by atoms with Gasteiger partial charge in [0.1, 0.15) is 5.82 Å². The Morgan fingerprint density at radius 1 is 1.24 bits per heavy atom. The molecule has 0 atom stereocenters. The number of anilines is 1. The molecule has 2 aromatic carbocycles. The molecule has 1 aromatic heterocycles. The van der Waals surface area contributed by atoms with Crippen molar-refractivity contribution >= 4 is 35.0 Å². The molecule has 1 N–H and O–H groups in total. The van der Waals surface area contributed by atoms with Crippen molar-refractivity contribution in [1.29, 1.82) is 0 Å². The number of nitrogens with zero attached hydrogens (tertiary/aromatic N) is 2. The normalized spacial score (nSPS) is 10.8. The Bertz CT molecular complexity index is 1120. The van der Waals surface area contributed by atoms with Crippen LogP contribution in [-0.2, 0) is 18.3 Å². The lowest BCUT2D eigenvalue weighted by Gasteiger charge is -2.12. The lowest BCUT2D eigenvalue weighted by atomic mass is 10.1. The Morgan fingerprint density at radius 2 is 2.00 bits per heavy atom. The number of carbonyl (C=O) groups is 1. The van der Waals surface area contributed by atoms with Gasteiger partial charge in [-0.15, -0.1) is 0 Å². The van der Waals surface area contributed by atoms with Crippen LogP contribution < -0.4 is 10.9 Å². The summed E-state index contributed by atoms with van der Waals surface area (Å²) in [6.07, 6.45) is 0.421. The Kier molecular flexibility index (Phi) is 6.71. The zero-order valence-corrected chi connectivity index (χ0v) is 17.5. The van der Waals surface area contributed by atoms with E-state index in [2.05, 4.69) is 10.3 Å². The summed E-state index contributed by atoms with van der Waals surface area (Å²) in [6, 6.07) is 13.3. The summed E-state index contributed by atoms with van der Waals surface area (Å²) in [5.74, 6) is -0.880. The minimum atomic E-state index is -0.502. The molecule has 3 aromatic rings. The Balaban J connectivity index is 1.73. The average Bonchev–Trinajstić information content (AvgIpc) is 2.69. The molecule has 3 rings (SSSR count). The van der Waals surface area contributed by atoms with Crippen LogP contribution in [0.15, 0.2) is 58.5 Å². The Morgan fingerprint density at radius 3 is 2.72 bits per heavy atom. The molecule has 0 saturated heterocycles. The number of halogens is 2. The number of hydrogen-bond donors (Lipinski definition) is 1. The van der Waals surface area contributed by atoms with Crippen molar-refractivity contribution in [2.45, 2.75) is 18.5 Å². The lowest BCUT2D eigenvalue weighted by Crippen LogP contribution is -2.26. The summed E-state index contributed by atoms with van der Waals surface area (Å²) < 4.78 is 15.1. The highest BCUT2D eigenvalue weighted by atomic mass is 35.5. The van der Waals surface area contributed by atoms with Gasteiger partial charge in [-0.05, 0) is 36.8 Å². The average molecular weight is 432 g/mol. The predicted molar refractivity (Wildman–Crippen MR) is 114 cm³/mol. The molecule has 150 valence electrons. The summed E-state index contributed by atoms with van der Waals surface area (Å²) in [4.78, 5) is 29.4. The van der Waals surface area contributed by atoms with Gasteiger partial charge in [-0.1, -0.05) is 47.6 Å². The van der Waals surface area contributed by atoms with E-state index in [1.165, 1.54) is 16.7 Å². The maximum absolute atomic E-state index is 13.6. The standard InChI is InChI=1S/C21H19ClFN3O2S/c1-13-16(11-14-6-5-7-15(22)10-14)20(28)26(2)21(24-13)29-12-19(27)25-18-9-4-3-8-17(18)23/h3-10H,11-12H2,1-2H3,(H,25,27). The van der Waals surface area contributed by atoms with Crippen LogP contribution in [-0.4, -0.2) is 21.2 Å². The zero-order valence-electron chi connectivity index (χ0n) is 15.9. The largest absolute Gasteiger partial charge is 0.323 e. The van der Waals surface area contributed by atoms with E-state index in [0.29, 0.717) is 27.9 Å². The number of amides is 1. The molecule has 0 spiro atoms. The van der Waals surface area contributed by atoms with E-state index in [4.69, 9.17) is 11.6 Å². The molecule has 0 aliphatic heterocycles. The summed E-state index contributed by atoms with van der Waals surface area (Å²) in [7, 11) is 1.62. The van der Waals surface area contributed by atoms with Gasteiger partial charge in [-0.2, -0.15) is 0 Å². The number of nitrogens with one attached hydrogen (secondary N) is 1. The van der Waals surface area contributed by atoms with Crippen LogP contribution in [0.1, 0.15) is 16.8 Å². The fourth-order valence-electron chi connectivity index (χ4n) is 2.79. The SMILES string of the molecule is Cc1nc(SCC(=O)Nc2ccccc2F)n(C)c(=O)c1Cc1cccc(Cl)c1. The number of aromatic nitrogens is 2. The van der Waals surface area contributed by atoms with E-state index >= 15 is 0 Å². The van der Waals surface area contributed by atoms with Crippen LogP contribution in [0.25, 0.3) is 0 Å². The summed E-state index contributed by atoms with van der Waals surface area (Å²) in [5, 5.41) is 3.55. The van der Waals surface area contributed by atoms with E-state index in [1.807, 2.05) is 18.2 Å². The summed E-state index contributed by atoms with van der Waals surface area (Å²) >= 11 is 7.14. The molecule has 0 radical (unpaired) electrons. The molecule has 8 heteroatoms. The molecular formula is C21H19ClFN3O2S. The van der Waals surface area contributed by atoms with E-state index in [9.17, 15) is 14.0 Å². The number of benzene rings is 2. The third-order valence-electron chi connectivity index (χ3n) is 4.30. The van der Waals surface area contributed by atoms with Gasteiger partial charge in [-0.25, -0.2) is 9.37 Å². The quantitative estimate of drug-likeness (QED) is 0.469. The second kappa shape index (κ2) is 9.24. The summed E-state index contributed by atoms with van der Waals surface area (Å²) in [6.45, 7) is 1.77. The monoisotopic (exact) mass is 431 g/mol. The first kappa shape index (κ1) is 21.1. The molecule has 0 fully saturated rings. The van der Waals surface area contributed by atoms with Gasteiger partial charge in [-0.3, -0.25) is 14.2 Å². The van der Waals surface area contributed by atoms with Crippen LogP contribution in [0.3, 0.4) is 0 Å². The van der Waals surface area contributed by atoms with Crippen molar-refractivity contribution in [3.05, 3.63) is 86.5 Å². The molecule has 29 heavy (non-hydrogen) atoms. The first-order valence-corrected chi connectivity index (χ1v) is 10.2. The molecule has 0 saturated carbocycles. The number of aryl methyl sites for hydroxylation is 1. The smallest absolute Gasteiger partial charge is 0.257 e. The van der Waals surface area contributed by atoms with Gasteiger partial charge < -0.3 is 5.32 Å². The second-order valence-corrected chi connectivity index (χ2v) is 7.82. The van der Waals surface area contributed by atoms with Crippen molar-refractivity contribution in [3.63, 3.8) is 0 Å². The molecule has 1 heterocycles. The van der Waals surface area contributed by atoms with Gasteiger partial charge in [0.05, 0.1) is 11.4 Å².